The Kier molecular flexibility index (Phi) is 5.25. The van der Waals surface area contributed by atoms with Gasteiger partial charge < -0.3 is 14.5 Å². The van der Waals surface area contributed by atoms with Crippen molar-refractivity contribution in [2.45, 2.75) is 32.1 Å². The van der Waals surface area contributed by atoms with E-state index < -0.39 is 0 Å². The molecule has 2 aromatic heterocycles. The molecule has 28 heavy (non-hydrogen) atoms. The van der Waals surface area contributed by atoms with E-state index in [2.05, 4.69) is 15.5 Å². The van der Waals surface area contributed by atoms with Crippen molar-refractivity contribution in [3.63, 3.8) is 0 Å². The van der Waals surface area contributed by atoms with E-state index in [1.54, 1.807) is 25.4 Å². The van der Waals surface area contributed by atoms with Gasteiger partial charge in [0.15, 0.2) is 5.65 Å². The van der Waals surface area contributed by atoms with Gasteiger partial charge >= 0.3 is 0 Å². The summed E-state index contributed by atoms with van der Waals surface area (Å²) in [6.45, 7) is 3.53. The van der Waals surface area contributed by atoms with E-state index >= 15 is 0 Å². The van der Waals surface area contributed by atoms with Crippen LogP contribution in [0, 0.1) is 5.41 Å². The molecule has 2 amide bonds. The highest BCUT2D eigenvalue weighted by Crippen LogP contribution is 2.39. The van der Waals surface area contributed by atoms with Gasteiger partial charge in [-0.25, -0.2) is 0 Å². The van der Waals surface area contributed by atoms with Crippen molar-refractivity contribution in [3.8, 4) is 0 Å². The first-order valence-electron chi connectivity index (χ1n) is 9.84. The molecule has 0 N–H and O–H groups in total. The van der Waals surface area contributed by atoms with Gasteiger partial charge in [0.2, 0.25) is 5.91 Å². The zero-order valence-corrected chi connectivity index (χ0v) is 16.2. The van der Waals surface area contributed by atoms with E-state index in [4.69, 9.17) is 4.74 Å². The molecule has 4 heterocycles. The number of carbonyl (C=O) groups is 2. The summed E-state index contributed by atoms with van der Waals surface area (Å²) in [4.78, 5) is 29.3. The second-order valence-electron chi connectivity index (χ2n) is 7.89. The number of pyridine rings is 1. The molecule has 2 aliphatic heterocycles. The lowest BCUT2D eigenvalue weighted by Gasteiger charge is -2.48. The lowest BCUT2D eigenvalue weighted by atomic mass is 9.73. The summed E-state index contributed by atoms with van der Waals surface area (Å²) in [7, 11) is 1.68. The van der Waals surface area contributed by atoms with Crippen LogP contribution < -0.4 is 0 Å². The van der Waals surface area contributed by atoms with Gasteiger partial charge in [0.25, 0.3) is 5.91 Å². The number of carbonyl (C=O) groups excluding carboxylic acids is 2. The SMILES string of the molecule is COCCCN1C[C@]2(CCCN(C(=O)c3ccc4nnnn4c3)C2)CCC1=O. The molecule has 1 spiro atoms. The number of hydrogen-bond donors (Lipinski definition) is 0. The van der Waals surface area contributed by atoms with Crippen LogP contribution in [0.5, 0.6) is 0 Å². The summed E-state index contributed by atoms with van der Waals surface area (Å²) >= 11 is 0. The highest BCUT2D eigenvalue weighted by atomic mass is 16.5. The van der Waals surface area contributed by atoms with Crippen LogP contribution in [0.1, 0.15) is 42.5 Å². The molecule has 0 radical (unpaired) electrons. The Morgan fingerprint density at radius 3 is 3.04 bits per heavy atom. The molecular weight excluding hydrogens is 360 g/mol. The number of nitrogens with zero attached hydrogens (tertiary/aromatic N) is 6. The van der Waals surface area contributed by atoms with Crippen LogP contribution in [0.2, 0.25) is 0 Å². The minimum atomic E-state index is -0.00615. The van der Waals surface area contributed by atoms with E-state index in [0.29, 0.717) is 30.8 Å². The minimum Gasteiger partial charge on any atom is -0.385 e. The number of methoxy groups -OCH3 is 1. The van der Waals surface area contributed by atoms with Crippen molar-refractivity contribution in [2.24, 2.45) is 5.41 Å². The van der Waals surface area contributed by atoms with Gasteiger partial charge in [-0.15, -0.1) is 5.10 Å². The predicted molar refractivity (Wildman–Crippen MR) is 101 cm³/mol. The minimum absolute atomic E-state index is 0.000641. The van der Waals surface area contributed by atoms with Crippen LogP contribution in [0.15, 0.2) is 18.3 Å². The van der Waals surface area contributed by atoms with Gasteiger partial charge in [-0.2, -0.15) is 4.52 Å². The molecule has 0 aromatic carbocycles. The molecule has 150 valence electrons. The van der Waals surface area contributed by atoms with E-state index in [1.165, 1.54) is 4.52 Å². The number of rotatable bonds is 5. The average molecular weight is 386 g/mol. The maximum Gasteiger partial charge on any atom is 0.255 e. The van der Waals surface area contributed by atoms with Gasteiger partial charge in [0.05, 0.1) is 5.56 Å². The molecular formula is C19H26N6O3. The molecule has 0 bridgehead atoms. The summed E-state index contributed by atoms with van der Waals surface area (Å²) in [6, 6.07) is 3.53. The third-order valence-electron chi connectivity index (χ3n) is 5.91. The van der Waals surface area contributed by atoms with Crippen molar-refractivity contribution in [1.82, 2.24) is 29.8 Å². The van der Waals surface area contributed by atoms with Crippen LogP contribution in [-0.2, 0) is 9.53 Å². The number of fused-ring (bicyclic) bond motifs is 1. The van der Waals surface area contributed by atoms with E-state index in [0.717, 1.165) is 45.3 Å². The lowest BCUT2D eigenvalue weighted by molar-refractivity contribution is -0.139. The Labute approximate surface area is 163 Å². The lowest BCUT2D eigenvalue weighted by Crippen LogP contribution is -2.55. The molecule has 9 heteroatoms. The highest BCUT2D eigenvalue weighted by Gasteiger charge is 2.42. The average Bonchev–Trinajstić information content (AvgIpc) is 3.18. The van der Waals surface area contributed by atoms with Crippen LogP contribution in [0.25, 0.3) is 5.65 Å². The van der Waals surface area contributed by atoms with E-state index in [1.807, 2.05) is 9.80 Å². The fourth-order valence-corrected chi connectivity index (χ4v) is 4.47. The molecule has 2 saturated heterocycles. The van der Waals surface area contributed by atoms with Crippen molar-refractivity contribution in [3.05, 3.63) is 23.9 Å². The van der Waals surface area contributed by atoms with Gasteiger partial charge in [-0.3, -0.25) is 9.59 Å². The number of ether oxygens (including phenoxy) is 1. The standard InChI is InChI=1S/C19H26N6O3/c1-28-11-3-10-23-13-19(8-6-17(23)26)7-2-9-24(14-19)18(27)15-4-5-16-20-21-22-25(16)12-15/h4-5,12H,2-3,6-11,13-14H2,1H3/t19-/m0/s1. The van der Waals surface area contributed by atoms with Crippen LogP contribution in [-0.4, -0.2) is 81.6 Å². The number of piperidine rings is 2. The Balaban J connectivity index is 1.46. The first kappa shape index (κ1) is 18.8. The van der Waals surface area contributed by atoms with Gasteiger partial charge in [-0.1, -0.05) is 0 Å². The number of tetrazole rings is 1. The van der Waals surface area contributed by atoms with Gasteiger partial charge in [0, 0.05) is 57.9 Å². The number of hydrogen-bond acceptors (Lipinski definition) is 6. The molecule has 0 saturated carbocycles. The van der Waals surface area contributed by atoms with E-state index in [9.17, 15) is 9.59 Å². The maximum absolute atomic E-state index is 13.1. The first-order chi connectivity index (χ1) is 13.6. The third kappa shape index (κ3) is 3.71. The number of aromatic nitrogens is 4. The zero-order valence-electron chi connectivity index (χ0n) is 16.2. The normalized spacial score (nSPS) is 23.0. The zero-order chi connectivity index (χ0) is 19.6. The molecule has 2 fully saturated rings. The summed E-state index contributed by atoms with van der Waals surface area (Å²) in [5.41, 5.74) is 1.19. The smallest absolute Gasteiger partial charge is 0.255 e. The molecule has 4 rings (SSSR count). The van der Waals surface area contributed by atoms with Gasteiger partial charge in [0.1, 0.15) is 0 Å². The molecule has 2 aromatic rings. The second kappa shape index (κ2) is 7.83. The van der Waals surface area contributed by atoms with Crippen molar-refractivity contribution >= 4 is 17.5 Å². The summed E-state index contributed by atoms with van der Waals surface area (Å²) in [5.74, 6) is 0.216. The number of amides is 2. The molecule has 2 aliphatic rings. The monoisotopic (exact) mass is 386 g/mol. The third-order valence-corrected chi connectivity index (χ3v) is 5.91. The van der Waals surface area contributed by atoms with E-state index in [-0.39, 0.29) is 17.2 Å². The highest BCUT2D eigenvalue weighted by molar-refractivity contribution is 5.94. The second-order valence-corrected chi connectivity index (χ2v) is 7.89. The van der Waals surface area contributed by atoms with Crippen molar-refractivity contribution < 1.29 is 14.3 Å². The molecule has 9 nitrogen and oxygen atoms in total. The summed E-state index contributed by atoms with van der Waals surface area (Å²) in [6.07, 6.45) is 5.94. The van der Waals surface area contributed by atoms with Crippen molar-refractivity contribution in [1.29, 1.82) is 0 Å². The number of likely N-dealkylation sites (tertiary alicyclic amines) is 2. The fraction of sp³-hybridized carbons (Fsp3) is 0.632. The summed E-state index contributed by atoms with van der Waals surface area (Å²) in [5, 5.41) is 11.4. The molecule has 0 unspecified atom stereocenters. The van der Waals surface area contributed by atoms with Gasteiger partial charge in [-0.05, 0) is 48.2 Å². The predicted octanol–water partition coefficient (Wildman–Crippen LogP) is 1.01. The quantitative estimate of drug-likeness (QED) is 0.712. The van der Waals surface area contributed by atoms with Crippen molar-refractivity contribution in [2.75, 3.05) is 39.9 Å². The Bertz CT molecular complexity index is 868. The molecule has 1 atom stereocenters. The van der Waals surface area contributed by atoms with Crippen LogP contribution in [0.3, 0.4) is 0 Å². The Morgan fingerprint density at radius 2 is 2.18 bits per heavy atom. The molecule has 0 aliphatic carbocycles. The van der Waals surface area contributed by atoms with Crippen LogP contribution >= 0.6 is 0 Å². The van der Waals surface area contributed by atoms with Crippen LogP contribution in [0.4, 0.5) is 0 Å². The Hall–Kier alpha value is -2.55. The summed E-state index contributed by atoms with van der Waals surface area (Å²) < 4.78 is 6.64. The Morgan fingerprint density at radius 1 is 1.29 bits per heavy atom. The fourth-order valence-electron chi connectivity index (χ4n) is 4.47. The topological polar surface area (TPSA) is 92.9 Å². The largest absolute Gasteiger partial charge is 0.385 e. The first-order valence-corrected chi connectivity index (χ1v) is 9.84. The maximum atomic E-state index is 13.1.